The maximum absolute atomic E-state index is 9.94. The second-order valence-electron chi connectivity index (χ2n) is 4.19. The fourth-order valence-corrected chi connectivity index (χ4v) is 2.55. The quantitative estimate of drug-likeness (QED) is 0.782. The Morgan fingerprint density at radius 1 is 1.35 bits per heavy atom. The highest BCUT2D eigenvalue weighted by Gasteiger charge is 2.23. The van der Waals surface area contributed by atoms with Gasteiger partial charge < -0.3 is 15.5 Å². The van der Waals surface area contributed by atoms with Gasteiger partial charge in [-0.25, -0.2) is 0 Å². The maximum atomic E-state index is 9.94. The van der Waals surface area contributed by atoms with Crippen molar-refractivity contribution in [1.29, 1.82) is 0 Å². The molecule has 17 heavy (non-hydrogen) atoms. The Kier molecular flexibility index (Phi) is 4.39. The van der Waals surface area contributed by atoms with Gasteiger partial charge in [0.15, 0.2) is 0 Å². The highest BCUT2D eigenvalue weighted by Crippen LogP contribution is 2.30. The zero-order valence-corrected chi connectivity index (χ0v) is 11.2. The summed E-state index contributed by atoms with van der Waals surface area (Å²) < 4.78 is 0.843. The molecule has 1 atom stereocenters. The van der Waals surface area contributed by atoms with E-state index in [9.17, 15) is 10.2 Å². The van der Waals surface area contributed by atoms with E-state index in [2.05, 4.69) is 26.1 Å². The molecule has 0 bridgehead atoms. The number of aliphatic hydroxyl groups excluding tert-OH is 1. The molecule has 4 nitrogen and oxygen atoms in total. The second kappa shape index (κ2) is 5.82. The largest absolute Gasteiger partial charge is 0.508 e. The first-order valence-electron chi connectivity index (χ1n) is 5.76. The van der Waals surface area contributed by atoms with E-state index in [1.54, 1.807) is 6.07 Å². The Hall–Kier alpha value is -0.620. The van der Waals surface area contributed by atoms with Gasteiger partial charge in [0.05, 0.1) is 12.6 Å². The first-order chi connectivity index (χ1) is 8.22. The number of hydrogen-bond donors (Lipinski definition) is 3. The molecule has 0 amide bonds. The summed E-state index contributed by atoms with van der Waals surface area (Å²) in [6.07, 6.45) is 0. The van der Waals surface area contributed by atoms with Crippen molar-refractivity contribution in [3.05, 3.63) is 28.2 Å². The van der Waals surface area contributed by atoms with Crippen LogP contribution in [0.4, 0.5) is 0 Å². The number of nitrogens with zero attached hydrogens (tertiary/aromatic N) is 1. The number of phenolic OH excluding ortho intramolecular Hbond substituents is 1. The molecule has 5 heteroatoms. The molecule has 2 rings (SSSR count). The number of benzene rings is 1. The number of aliphatic hydroxyl groups is 1. The molecule has 1 heterocycles. The summed E-state index contributed by atoms with van der Waals surface area (Å²) in [5, 5.41) is 22.8. The van der Waals surface area contributed by atoms with Crippen LogP contribution in [-0.4, -0.2) is 47.9 Å². The van der Waals surface area contributed by atoms with E-state index >= 15 is 0 Å². The summed E-state index contributed by atoms with van der Waals surface area (Å²) in [6, 6.07) is 5.30. The highest BCUT2D eigenvalue weighted by molar-refractivity contribution is 9.10. The SMILES string of the molecule is OC[C@@H](c1ccc(Br)cc1O)N1CCNCC1. The smallest absolute Gasteiger partial charge is 0.121 e. The number of hydrogen-bond acceptors (Lipinski definition) is 4. The number of aromatic hydroxyl groups is 1. The lowest BCUT2D eigenvalue weighted by Gasteiger charge is -2.34. The summed E-state index contributed by atoms with van der Waals surface area (Å²) in [5.74, 6) is 0.233. The zero-order valence-electron chi connectivity index (χ0n) is 9.56. The van der Waals surface area contributed by atoms with Gasteiger partial charge in [-0.3, -0.25) is 4.90 Å². The van der Waals surface area contributed by atoms with E-state index < -0.39 is 0 Å². The number of phenols is 1. The molecule has 1 aliphatic rings. The summed E-state index contributed by atoms with van der Waals surface area (Å²) in [4.78, 5) is 2.19. The Balaban J connectivity index is 2.21. The standard InChI is InChI=1S/C12H17BrN2O2/c13-9-1-2-10(12(17)7-9)11(8-16)15-5-3-14-4-6-15/h1-2,7,11,14,16-17H,3-6,8H2/t11-/m0/s1. The molecule has 0 radical (unpaired) electrons. The summed E-state index contributed by atoms with van der Waals surface area (Å²) in [5.41, 5.74) is 0.789. The van der Waals surface area contributed by atoms with Gasteiger partial charge >= 0.3 is 0 Å². The molecule has 3 N–H and O–H groups in total. The number of nitrogens with one attached hydrogen (secondary N) is 1. The maximum Gasteiger partial charge on any atom is 0.121 e. The van der Waals surface area contributed by atoms with E-state index in [1.165, 1.54) is 0 Å². The fraction of sp³-hybridized carbons (Fsp3) is 0.500. The van der Waals surface area contributed by atoms with Crippen LogP contribution >= 0.6 is 15.9 Å². The fourth-order valence-electron chi connectivity index (χ4n) is 2.20. The summed E-state index contributed by atoms with van der Waals surface area (Å²) in [6.45, 7) is 3.65. The first-order valence-corrected chi connectivity index (χ1v) is 6.55. The third-order valence-corrected chi connectivity index (χ3v) is 3.61. The number of halogens is 1. The lowest BCUT2D eigenvalue weighted by molar-refractivity contribution is 0.109. The van der Waals surface area contributed by atoms with Crippen molar-refractivity contribution in [3.63, 3.8) is 0 Å². The molecule has 1 fully saturated rings. The van der Waals surface area contributed by atoms with E-state index in [1.807, 2.05) is 12.1 Å². The van der Waals surface area contributed by atoms with E-state index in [4.69, 9.17) is 0 Å². The van der Waals surface area contributed by atoms with Crippen LogP contribution in [0.1, 0.15) is 11.6 Å². The van der Waals surface area contributed by atoms with Gasteiger partial charge in [0.2, 0.25) is 0 Å². The molecule has 1 aromatic carbocycles. The average Bonchev–Trinajstić information content (AvgIpc) is 2.34. The van der Waals surface area contributed by atoms with Crippen LogP contribution in [0.3, 0.4) is 0 Å². The third kappa shape index (κ3) is 2.98. The van der Waals surface area contributed by atoms with Gasteiger partial charge in [0.25, 0.3) is 0 Å². The highest BCUT2D eigenvalue weighted by atomic mass is 79.9. The summed E-state index contributed by atoms with van der Waals surface area (Å²) in [7, 11) is 0. The van der Waals surface area contributed by atoms with Crippen LogP contribution < -0.4 is 5.32 Å². The van der Waals surface area contributed by atoms with Gasteiger partial charge in [0.1, 0.15) is 5.75 Å². The van der Waals surface area contributed by atoms with Crippen molar-refractivity contribution in [2.24, 2.45) is 0 Å². The van der Waals surface area contributed by atoms with Crippen LogP contribution in [0.15, 0.2) is 22.7 Å². The van der Waals surface area contributed by atoms with Gasteiger partial charge in [0, 0.05) is 36.2 Å². The molecule has 0 spiro atoms. The first kappa shape index (κ1) is 12.8. The van der Waals surface area contributed by atoms with Crippen molar-refractivity contribution in [2.75, 3.05) is 32.8 Å². The van der Waals surface area contributed by atoms with Crippen LogP contribution in [-0.2, 0) is 0 Å². The molecule has 94 valence electrons. The van der Waals surface area contributed by atoms with Crippen molar-refractivity contribution in [3.8, 4) is 5.75 Å². The Morgan fingerprint density at radius 2 is 2.06 bits per heavy atom. The molecule has 0 aliphatic carbocycles. The van der Waals surface area contributed by atoms with Crippen LogP contribution in [0.25, 0.3) is 0 Å². The molecule has 0 unspecified atom stereocenters. The Morgan fingerprint density at radius 3 is 2.65 bits per heavy atom. The molecule has 1 saturated heterocycles. The minimum Gasteiger partial charge on any atom is -0.508 e. The molecule has 1 aliphatic heterocycles. The van der Waals surface area contributed by atoms with Crippen molar-refractivity contribution in [1.82, 2.24) is 10.2 Å². The van der Waals surface area contributed by atoms with Gasteiger partial charge in [-0.2, -0.15) is 0 Å². The molecule has 0 saturated carbocycles. The van der Waals surface area contributed by atoms with Crippen LogP contribution in [0, 0.1) is 0 Å². The van der Waals surface area contributed by atoms with Gasteiger partial charge in [-0.1, -0.05) is 22.0 Å². The van der Waals surface area contributed by atoms with Crippen molar-refractivity contribution in [2.45, 2.75) is 6.04 Å². The van der Waals surface area contributed by atoms with Crippen molar-refractivity contribution < 1.29 is 10.2 Å². The third-order valence-electron chi connectivity index (χ3n) is 3.12. The van der Waals surface area contributed by atoms with Crippen LogP contribution in [0.2, 0.25) is 0 Å². The van der Waals surface area contributed by atoms with Gasteiger partial charge in [-0.15, -0.1) is 0 Å². The molecular formula is C12H17BrN2O2. The minimum absolute atomic E-state index is 0.0230. The molecular weight excluding hydrogens is 284 g/mol. The molecule has 0 aromatic heterocycles. The minimum atomic E-state index is -0.120. The summed E-state index contributed by atoms with van der Waals surface area (Å²) >= 11 is 3.32. The van der Waals surface area contributed by atoms with Crippen molar-refractivity contribution >= 4 is 15.9 Å². The Bertz CT molecular complexity index is 381. The number of rotatable bonds is 3. The lowest BCUT2D eigenvalue weighted by atomic mass is 10.0. The lowest BCUT2D eigenvalue weighted by Crippen LogP contribution is -2.46. The predicted octanol–water partition coefficient (Wildman–Crippen LogP) is 1.09. The average molecular weight is 301 g/mol. The van der Waals surface area contributed by atoms with Crippen LogP contribution in [0.5, 0.6) is 5.75 Å². The topological polar surface area (TPSA) is 55.7 Å². The second-order valence-corrected chi connectivity index (χ2v) is 5.10. The van der Waals surface area contributed by atoms with E-state index in [0.717, 1.165) is 36.2 Å². The monoisotopic (exact) mass is 300 g/mol. The predicted molar refractivity (Wildman–Crippen MR) is 70.1 cm³/mol. The van der Waals surface area contributed by atoms with E-state index in [-0.39, 0.29) is 18.4 Å². The normalized spacial score (nSPS) is 19.2. The van der Waals surface area contributed by atoms with E-state index in [0.29, 0.717) is 0 Å². The van der Waals surface area contributed by atoms with Gasteiger partial charge in [-0.05, 0) is 12.1 Å². The molecule has 1 aromatic rings. The Labute approximate surface area is 109 Å². The zero-order chi connectivity index (χ0) is 12.3. The number of piperazine rings is 1.